The third kappa shape index (κ3) is 4.79. The molecule has 4 nitrogen and oxygen atoms in total. The third-order valence-electron chi connectivity index (χ3n) is 1.90. The van der Waals surface area contributed by atoms with Crippen LogP contribution in [0, 0.1) is 0 Å². The van der Waals surface area contributed by atoms with Crippen molar-refractivity contribution in [2.75, 3.05) is 20.4 Å². The first kappa shape index (κ1) is 14.1. The summed E-state index contributed by atoms with van der Waals surface area (Å²) in [5.41, 5.74) is 0.453. The van der Waals surface area contributed by atoms with Gasteiger partial charge in [-0.2, -0.15) is 0 Å². The zero-order valence-corrected chi connectivity index (χ0v) is 10.7. The maximum Gasteiger partial charge on any atom is 0.236 e. The normalized spacial score (nSPS) is 11.2. The summed E-state index contributed by atoms with van der Waals surface area (Å²) in [7, 11) is 2.95. The fraction of sp³-hybridized carbons (Fsp3) is 0.400. The number of hydrogen-bond donors (Lipinski definition) is 0. The summed E-state index contributed by atoms with van der Waals surface area (Å²) in [5, 5.41) is 0. The fourth-order valence-electron chi connectivity index (χ4n) is 1.27. The van der Waals surface area contributed by atoms with Crippen molar-refractivity contribution in [3.63, 3.8) is 0 Å². The summed E-state index contributed by atoms with van der Waals surface area (Å²) in [6, 6.07) is 4.57. The Kier molecular flexibility index (Phi) is 5.02. The Labute approximate surface area is 104 Å². The van der Waals surface area contributed by atoms with Gasteiger partial charge in [-0.25, -0.2) is 12.8 Å². The molecule has 17 heavy (non-hydrogen) atoms. The molecule has 0 aliphatic carbocycles. The molecule has 0 atom stereocenters. The lowest BCUT2D eigenvalue weighted by atomic mass is 10.2. The van der Waals surface area contributed by atoms with Crippen molar-refractivity contribution in [1.29, 1.82) is 0 Å². The van der Waals surface area contributed by atoms with Crippen LogP contribution in [0.4, 0.5) is 4.39 Å². The Bertz CT molecular complexity index is 475. The minimum atomic E-state index is -3.63. The lowest BCUT2D eigenvalue weighted by Crippen LogP contribution is -2.02. The Balaban J connectivity index is 2.95. The molecule has 1 aromatic rings. The van der Waals surface area contributed by atoms with Gasteiger partial charge in [-0.15, -0.1) is 0 Å². The van der Waals surface area contributed by atoms with E-state index in [0.717, 1.165) is 0 Å². The van der Waals surface area contributed by atoms with Crippen LogP contribution in [0.25, 0.3) is 0 Å². The average molecular weight is 283 g/mol. The molecule has 0 aliphatic rings. The van der Waals surface area contributed by atoms with E-state index in [1.807, 2.05) is 0 Å². The Morgan fingerprint density at radius 1 is 1.35 bits per heavy atom. The topological polar surface area (TPSA) is 52.6 Å². The van der Waals surface area contributed by atoms with E-state index >= 15 is 0 Å². The standard InChI is InChI=1S/C10H12ClFO4S/c1-15-9-3-2-8(7-17(11,13)14)6-10(9)16-5-4-12/h2-3,6H,4-5,7H2,1H3. The third-order valence-corrected chi connectivity index (χ3v) is 2.91. The highest BCUT2D eigenvalue weighted by atomic mass is 35.7. The maximum absolute atomic E-state index is 12.0. The summed E-state index contributed by atoms with van der Waals surface area (Å²) < 4.78 is 43.9. The van der Waals surface area contributed by atoms with Crippen LogP contribution in [-0.2, 0) is 14.8 Å². The van der Waals surface area contributed by atoms with Gasteiger partial charge < -0.3 is 9.47 Å². The number of methoxy groups -OCH3 is 1. The van der Waals surface area contributed by atoms with E-state index in [-0.39, 0.29) is 12.4 Å². The summed E-state index contributed by atoms with van der Waals surface area (Å²) >= 11 is 0. The van der Waals surface area contributed by atoms with Crippen molar-refractivity contribution in [3.8, 4) is 11.5 Å². The summed E-state index contributed by atoms with van der Waals surface area (Å²) in [5.74, 6) is 0.391. The van der Waals surface area contributed by atoms with Gasteiger partial charge in [0.1, 0.15) is 13.3 Å². The van der Waals surface area contributed by atoms with Gasteiger partial charge in [0.2, 0.25) is 9.05 Å². The van der Waals surface area contributed by atoms with Gasteiger partial charge in [0.15, 0.2) is 11.5 Å². The van der Waals surface area contributed by atoms with Crippen LogP contribution < -0.4 is 9.47 Å². The van der Waals surface area contributed by atoms with E-state index in [1.54, 1.807) is 12.1 Å². The zero-order chi connectivity index (χ0) is 12.9. The molecule has 0 aliphatic heterocycles. The van der Waals surface area contributed by atoms with E-state index in [0.29, 0.717) is 17.1 Å². The predicted octanol–water partition coefficient (Wildman–Crippen LogP) is 2.11. The first-order valence-corrected chi connectivity index (χ1v) is 7.22. The van der Waals surface area contributed by atoms with Gasteiger partial charge in [0.05, 0.1) is 12.9 Å². The molecule has 0 saturated carbocycles. The van der Waals surface area contributed by atoms with Crippen LogP contribution in [0.1, 0.15) is 5.56 Å². The van der Waals surface area contributed by atoms with Crippen LogP contribution in [-0.4, -0.2) is 28.8 Å². The Morgan fingerprint density at radius 2 is 2.06 bits per heavy atom. The van der Waals surface area contributed by atoms with Crippen LogP contribution in [0.5, 0.6) is 11.5 Å². The Morgan fingerprint density at radius 3 is 2.59 bits per heavy atom. The molecule has 96 valence electrons. The number of ether oxygens (including phenoxy) is 2. The van der Waals surface area contributed by atoms with Crippen molar-refractivity contribution in [3.05, 3.63) is 23.8 Å². The average Bonchev–Trinajstić information content (AvgIpc) is 2.24. The molecule has 0 amide bonds. The predicted molar refractivity (Wildman–Crippen MR) is 62.9 cm³/mol. The summed E-state index contributed by atoms with van der Waals surface area (Å²) in [4.78, 5) is 0. The van der Waals surface area contributed by atoms with Gasteiger partial charge >= 0.3 is 0 Å². The monoisotopic (exact) mass is 282 g/mol. The highest BCUT2D eigenvalue weighted by Crippen LogP contribution is 2.29. The van der Waals surface area contributed by atoms with Crippen LogP contribution in [0.3, 0.4) is 0 Å². The summed E-state index contributed by atoms with van der Waals surface area (Å²) in [6.45, 7) is -0.755. The highest BCUT2D eigenvalue weighted by Gasteiger charge is 2.11. The molecular formula is C10H12ClFO4S. The van der Waals surface area contributed by atoms with Gasteiger partial charge in [-0.3, -0.25) is 0 Å². The molecule has 1 aromatic carbocycles. The first-order valence-electron chi connectivity index (χ1n) is 4.74. The number of rotatable bonds is 6. The van der Waals surface area contributed by atoms with Gasteiger partial charge in [-0.05, 0) is 17.7 Å². The molecule has 0 radical (unpaired) electrons. The smallest absolute Gasteiger partial charge is 0.236 e. The molecule has 0 aromatic heterocycles. The second kappa shape index (κ2) is 6.07. The largest absolute Gasteiger partial charge is 0.493 e. The number of halogens is 2. The molecule has 0 unspecified atom stereocenters. The number of alkyl halides is 1. The van der Waals surface area contributed by atoms with Crippen LogP contribution >= 0.6 is 10.7 Å². The molecule has 0 fully saturated rings. The Hall–Kier alpha value is -1.01. The summed E-state index contributed by atoms with van der Waals surface area (Å²) in [6.07, 6.45) is 0. The van der Waals surface area contributed by atoms with E-state index in [1.165, 1.54) is 13.2 Å². The SMILES string of the molecule is COc1ccc(CS(=O)(=O)Cl)cc1OCCF. The molecule has 0 bridgehead atoms. The van der Waals surface area contributed by atoms with E-state index < -0.39 is 15.7 Å². The minimum absolute atomic E-state index is 0.118. The second-order valence-electron chi connectivity index (χ2n) is 3.21. The van der Waals surface area contributed by atoms with Crippen molar-refractivity contribution < 1.29 is 22.3 Å². The molecular weight excluding hydrogens is 271 g/mol. The second-order valence-corrected chi connectivity index (χ2v) is 5.98. The van der Waals surface area contributed by atoms with Crippen molar-refractivity contribution in [2.24, 2.45) is 0 Å². The van der Waals surface area contributed by atoms with Gasteiger partial charge in [0.25, 0.3) is 0 Å². The fourth-order valence-corrected chi connectivity index (χ4v) is 2.23. The van der Waals surface area contributed by atoms with Crippen molar-refractivity contribution in [1.82, 2.24) is 0 Å². The van der Waals surface area contributed by atoms with Crippen LogP contribution in [0.15, 0.2) is 18.2 Å². The number of benzene rings is 1. The first-order chi connectivity index (χ1) is 7.96. The van der Waals surface area contributed by atoms with Crippen molar-refractivity contribution in [2.45, 2.75) is 5.75 Å². The highest BCUT2D eigenvalue weighted by molar-refractivity contribution is 8.13. The molecule has 0 spiro atoms. The van der Waals surface area contributed by atoms with Crippen molar-refractivity contribution >= 4 is 19.7 Å². The van der Waals surface area contributed by atoms with E-state index in [2.05, 4.69) is 0 Å². The van der Waals surface area contributed by atoms with E-state index in [9.17, 15) is 12.8 Å². The maximum atomic E-state index is 12.0. The number of hydrogen-bond acceptors (Lipinski definition) is 4. The van der Waals surface area contributed by atoms with Gasteiger partial charge in [-0.1, -0.05) is 6.07 Å². The molecule has 0 N–H and O–H groups in total. The lowest BCUT2D eigenvalue weighted by Gasteiger charge is -2.10. The molecule has 0 heterocycles. The molecule has 1 rings (SSSR count). The van der Waals surface area contributed by atoms with E-state index in [4.69, 9.17) is 20.2 Å². The quantitative estimate of drug-likeness (QED) is 0.750. The molecule has 0 saturated heterocycles. The van der Waals surface area contributed by atoms with Gasteiger partial charge in [0, 0.05) is 10.7 Å². The minimum Gasteiger partial charge on any atom is -0.493 e. The zero-order valence-electron chi connectivity index (χ0n) is 9.15. The van der Waals surface area contributed by atoms with Crippen LogP contribution in [0.2, 0.25) is 0 Å². The lowest BCUT2D eigenvalue weighted by molar-refractivity contribution is 0.260. The molecule has 7 heteroatoms.